The van der Waals surface area contributed by atoms with Crippen LogP contribution in [0.15, 0.2) is 10.6 Å². The first-order valence-electron chi connectivity index (χ1n) is 6.99. The Morgan fingerprint density at radius 3 is 2.58 bits per heavy atom. The van der Waals surface area contributed by atoms with Gasteiger partial charge in [-0.3, -0.25) is 0 Å². The number of rotatable bonds is 0. The van der Waals surface area contributed by atoms with Crippen molar-refractivity contribution in [3.05, 3.63) is 10.6 Å². The number of hydrogen-bond donors (Lipinski definition) is 1. The molecule has 0 aromatic rings. The van der Waals surface area contributed by atoms with Crippen LogP contribution >= 0.6 is 27.5 Å². The summed E-state index contributed by atoms with van der Waals surface area (Å²) < 4.78 is 7.42. The largest absolute Gasteiger partial charge is 0.386 e. The maximum Gasteiger partial charge on any atom is 0.102 e. The molecule has 2 bridgehead atoms. The standard InChI is InChI=1S/C15H22BrClO2/c1-12(2)9(16)7-10(18)14(4)15(12)6-5-13(3,17)11(8-15)19-14/h7,10-11,18H,5-6,8H2,1-4H3/t10-,11-,13+,14-,15-/m1/s1. The third kappa shape index (κ3) is 1.51. The van der Waals surface area contributed by atoms with Gasteiger partial charge in [-0.05, 0) is 39.2 Å². The predicted octanol–water partition coefficient (Wildman–Crippen LogP) is 3.99. The van der Waals surface area contributed by atoms with Gasteiger partial charge in [0.15, 0.2) is 0 Å². The van der Waals surface area contributed by atoms with E-state index in [0.717, 1.165) is 23.7 Å². The number of aliphatic hydroxyl groups is 1. The molecule has 5 atom stereocenters. The molecule has 0 unspecified atom stereocenters. The minimum Gasteiger partial charge on any atom is -0.386 e. The minimum absolute atomic E-state index is 0.0219. The molecule has 0 radical (unpaired) electrons. The van der Waals surface area contributed by atoms with E-state index in [4.69, 9.17) is 16.3 Å². The van der Waals surface area contributed by atoms with Crippen LogP contribution in [0.25, 0.3) is 0 Å². The zero-order valence-corrected chi connectivity index (χ0v) is 14.3. The highest BCUT2D eigenvalue weighted by Crippen LogP contribution is 2.70. The molecule has 3 rings (SSSR count). The van der Waals surface area contributed by atoms with Crippen LogP contribution in [0, 0.1) is 10.8 Å². The molecule has 1 saturated carbocycles. The van der Waals surface area contributed by atoms with E-state index < -0.39 is 11.7 Å². The van der Waals surface area contributed by atoms with Crippen LogP contribution in [0.2, 0.25) is 0 Å². The van der Waals surface area contributed by atoms with Crippen molar-refractivity contribution < 1.29 is 9.84 Å². The Morgan fingerprint density at radius 2 is 1.95 bits per heavy atom. The van der Waals surface area contributed by atoms with Gasteiger partial charge in [0.05, 0.1) is 11.0 Å². The van der Waals surface area contributed by atoms with Gasteiger partial charge in [0.1, 0.15) is 11.7 Å². The fourth-order valence-corrected chi connectivity index (χ4v) is 5.40. The predicted molar refractivity (Wildman–Crippen MR) is 80.6 cm³/mol. The Labute approximate surface area is 128 Å². The fraction of sp³-hybridized carbons (Fsp3) is 0.867. The summed E-state index contributed by atoms with van der Waals surface area (Å²) in [4.78, 5) is -0.312. The van der Waals surface area contributed by atoms with Gasteiger partial charge in [0, 0.05) is 15.3 Å². The zero-order chi connectivity index (χ0) is 14.3. The van der Waals surface area contributed by atoms with Crippen molar-refractivity contribution >= 4 is 27.5 Å². The van der Waals surface area contributed by atoms with Crippen LogP contribution in [-0.2, 0) is 4.74 Å². The van der Waals surface area contributed by atoms with Gasteiger partial charge in [0.25, 0.3) is 0 Å². The molecular weight excluding hydrogens is 328 g/mol. The maximum atomic E-state index is 10.6. The summed E-state index contributed by atoms with van der Waals surface area (Å²) in [5.41, 5.74) is -0.625. The molecule has 4 heteroatoms. The maximum absolute atomic E-state index is 10.6. The van der Waals surface area contributed by atoms with E-state index in [9.17, 15) is 5.11 Å². The highest BCUT2D eigenvalue weighted by molar-refractivity contribution is 9.11. The number of allylic oxidation sites excluding steroid dienone is 1. The number of aliphatic hydroxyl groups excluding tert-OH is 1. The number of fused-ring (bicyclic) bond motifs is 1. The van der Waals surface area contributed by atoms with Crippen LogP contribution in [0.3, 0.4) is 0 Å². The molecule has 1 saturated heterocycles. The first-order valence-corrected chi connectivity index (χ1v) is 8.17. The average molecular weight is 350 g/mol. The summed E-state index contributed by atoms with van der Waals surface area (Å²) in [5.74, 6) is 0. The summed E-state index contributed by atoms with van der Waals surface area (Å²) in [5, 5.41) is 10.6. The molecule has 19 heavy (non-hydrogen) atoms. The molecule has 2 aliphatic carbocycles. The first-order chi connectivity index (χ1) is 8.57. The van der Waals surface area contributed by atoms with Gasteiger partial charge in [-0.2, -0.15) is 0 Å². The second kappa shape index (κ2) is 3.79. The Kier molecular flexibility index (Phi) is 2.87. The van der Waals surface area contributed by atoms with Gasteiger partial charge < -0.3 is 9.84 Å². The number of alkyl halides is 1. The Balaban J connectivity index is 2.17. The summed E-state index contributed by atoms with van der Waals surface area (Å²) >= 11 is 10.3. The Morgan fingerprint density at radius 1 is 1.32 bits per heavy atom. The van der Waals surface area contributed by atoms with Crippen LogP contribution in [-0.4, -0.2) is 27.8 Å². The average Bonchev–Trinajstić information content (AvgIpc) is 2.58. The third-order valence-electron chi connectivity index (χ3n) is 6.25. The number of halogens is 2. The smallest absolute Gasteiger partial charge is 0.102 e. The number of hydrogen-bond acceptors (Lipinski definition) is 2. The first kappa shape index (κ1) is 14.4. The fourth-order valence-electron chi connectivity index (χ4n) is 4.55. The molecular formula is C15H22BrClO2. The molecule has 0 amide bonds. The molecule has 0 aromatic carbocycles. The van der Waals surface area contributed by atoms with Gasteiger partial charge >= 0.3 is 0 Å². The van der Waals surface area contributed by atoms with Crippen molar-refractivity contribution in [1.29, 1.82) is 0 Å². The van der Waals surface area contributed by atoms with E-state index in [1.807, 2.05) is 6.08 Å². The van der Waals surface area contributed by atoms with Crippen molar-refractivity contribution in [2.24, 2.45) is 10.8 Å². The Hall–Kier alpha value is 0.430. The van der Waals surface area contributed by atoms with Crippen molar-refractivity contribution in [2.75, 3.05) is 0 Å². The van der Waals surface area contributed by atoms with E-state index in [2.05, 4.69) is 43.6 Å². The second-order valence-corrected chi connectivity index (χ2v) is 9.08. The van der Waals surface area contributed by atoms with Crippen molar-refractivity contribution in [3.8, 4) is 0 Å². The lowest BCUT2D eigenvalue weighted by Crippen LogP contribution is -2.60. The summed E-state index contributed by atoms with van der Waals surface area (Å²) in [7, 11) is 0. The van der Waals surface area contributed by atoms with Gasteiger partial charge in [0.2, 0.25) is 0 Å². The Bertz CT molecular complexity index is 459. The van der Waals surface area contributed by atoms with Crippen molar-refractivity contribution in [2.45, 2.75) is 69.6 Å². The lowest BCUT2D eigenvalue weighted by atomic mass is 9.49. The summed E-state index contributed by atoms with van der Waals surface area (Å²) in [6.45, 7) is 8.63. The highest BCUT2D eigenvalue weighted by Gasteiger charge is 2.72. The number of ether oxygens (including phenoxy) is 1. The van der Waals surface area contributed by atoms with Crippen LogP contribution in [0.5, 0.6) is 0 Å². The van der Waals surface area contributed by atoms with Gasteiger partial charge in [-0.15, -0.1) is 11.6 Å². The SMILES string of the molecule is CC1(C)C(Br)=C[C@@H](O)[C@@]2(C)O[C@@H]3C[C@]12CC[C@]3(C)Cl. The quantitative estimate of drug-likeness (QED) is 0.670. The highest BCUT2D eigenvalue weighted by atomic mass is 79.9. The molecule has 1 heterocycles. The van der Waals surface area contributed by atoms with Gasteiger partial charge in [-0.1, -0.05) is 29.8 Å². The minimum atomic E-state index is -0.578. The van der Waals surface area contributed by atoms with Crippen LogP contribution in [0.4, 0.5) is 0 Å². The molecule has 2 fully saturated rings. The van der Waals surface area contributed by atoms with E-state index in [-0.39, 0.29) is 21.8 Å². The van der Waals surface area contributed by atoms with E-state index in [1.54, 1.807) is 0 Å². The van der Waals surface area contributed by atoms with E-state index >= 15 is 0 Å². The van der Waals surface area contributed by atoms with Crippen molar-refractivity contribution in [3.63, 3.8) is 0 Å². The summed E-state index contributed by atoms with van der Waals surface area (Å²) in [6, 6.07) is 0. The topological polar surface area (TPSA) is 29.5 Å². The monoisotopic (exact) mass is 348 g/mol. The molecule has 3 aliphatic rings. The molecule has 1 aliphatic heterocycles. The molecule has 0 aromatic heterocycles. The molecule has 1 spiro atoms. The third-order valence-corrected chi connectivity index (χ3v) is 7.93. The molecule has 108 valence electrons. The molecule has 2 nitrogen and oxygen atoms in total. The normalized spacial score (nSPS) is 55.6. The summed E-state index contributed by atoms with van der Waals surface area (Å²) in [6.07, 6.45) is 4.20. The van der Waals surface area contributed by atoms with Crippen LogP contribution in [0.1, 0.15) is 47.0 Å². The lowest BCUT2D eigenvalue weighted by Gasteiger charge is -2.57. The van der Waals surface area contributed by atoms with Crippen LogP contribution < -0.4 is 0 Å². The zero-order valence-electron chi connectivity index (χ0n) is 12.0. The van der Waals surface area contributed by atoms with E-state index in [1.165, 1.54) is 0 Å². The van der Waals surface area contributed by atoms with Crippen molar-refractivity contribution in [1.82, 2.24) is 0 Å². The van der Waals surface area contributed by atoms with E-state index in [0.29, 0.717) is 0 Å². The second-order valence-electron chi connectivity index (χ2n) is 7.36. The van der Waals surface area contributed by atoms with Gasteiger partial charge in [-0.25, -0.2) is 0 Å². The molecule has 1 N–H and O–H groups in total. The lowest BCUT2D eigenvalue weighted by molar-refractivity contribution is -0.158.